The van der Waals surface area contributed by atoms with Crippen LogP contribution in [0.5, 0.6) is 0 Å². The van der Waals surface area contributed by atoms with Crippen molar-refractivity contribution in [3.8, 4) is 0 Å². The first-order valence-electron chi connectivity index (χ1n) is 7.00. The zero-order valence-corrected chi connectivity index (χ0v) is 12.5. The normalized spacial score (nSPS) is 29.9. The third kappa shape index (κ3) is 5.75. The Labute approximate surface area is 120 Å². The van der Waals surface area contributed by atoms with Crippen LogP contribution in [-0.2, 0) is 9.47 Å². The summed E-state index contributed by atoms with van der Waals surface area (Å²) < 4.78 is 10.4. The average Bonchev–Trinajstić information content (AvgIpc) is 2.43. The number of hydrogen-bond donors (Lipinski definition) is 2. The predicted molar refractivity (Wildman–Crippen MR) is 77.4 cm³/mol. The minimum atomic E-state index is -0.622. The van der Waals surface area contributed by atoms with Crippen molar-refractivity contribution in [2.75, 3.05) is 20.3 Å². The number of rotatable bonds is 1. The zero-order valence-electron chi connectivity index (χ0n) is 12.5. The van der Waals surface area contributed by atoms with Crippen LogP contribution in [0, 0.1) is 5.92 Å². The SMILES string of the molecule is COC1C=CCCCNC(=O)OCC(C)=CC(C)C1O. The van der Waals surface area contributed by atoms with E-state index >= 15 is 0 Å². The Bertz CT molecular complexity index is 365. The van der Waals surface area contributed by atoms with Gasteiger partial charge in [0.05, 0.1) is 6.10 Å². The molecule has 1 heterocycles. The van der Waals surface area contributed by atoms with Crippen LogP contribution in [0.2, 0.25) is 0 Å². The van der Waals surface area contributed by atoms with Gasteiger partial charge in [0.25, 0.3) is 0 Å². The van der Waals surface area contributed by atoms with E-state index in [-0.39, 0.29) is 18.6 Å². The van der Waals surface area contributed by atoms with Crippen molar-refractivity contribution in [2.45, 2.75) is 38.9 Å². The van der Waals surface area contributed by atoms with Crippen molar-refractivity contribution in [1.29, 1.82) is 0 Å². The van der Waals surface area contributed by atoms with Gasteiger partial charge in [0, 0.05) is 19.6 Å². The van der Waals surface area contributed by atoms with Crippen LogP contribution in [0.15, 0.2) is 23.8 Å². The minimum Gasteiger partial charge on any atom is -0.445 e. The molecule has 0 saturated carbocycles. The van der Waals surface area contributed by atoms with E-state index in [2.05, 4.69) is 5.32 Å². The van der Waals surface area contributed by atoms with Crippen LogP contribution >= 0.6 is 0 Å². The lowest BCUT2D eigenvalue weighted by Gasteiger charge is -2.23. The van der Waals surface area contributed by atoms with E-state index in [4.69, 9.17) is 9.47 Å². The van der Waals surface area contributed by atoms with Crippen LogP contribution in [0.1, 0.15) is 26.7 Å². The summed E-state index contributed by atoms with van der Waals surface area (Å²) in [7, 11) is 1.59. The lowest BCUT2D eigenvalue weighted by Crippen LogP contribution is -2.32. The van der Waals surface area contributed by atoms with Crippen LogP contribution in [0.4, 0.5) is 4.79 Å². The van der Waals surface area contributed by atoms with E-state index < -0.39 is 12.2 Å². The van der Waals surface area contributed by atoms with Crippen molar-refractivity contribution in [3.63, 3.8) is 0 Å². The number of aliphatic hydroxyl groups excluding tert-OH is 1. The van der Waals surface area contributed by atoms with Crippen LogP contribution in [0.25, 0.3) is 0 Å². The molecule has 3 unspecified atom stereocenters. The number of allylic oxidation sites excluding steroid dienone is 1. The van der Waals surface area contributed by atoms with Crippen molar-refractivity contribution in [1.82, 2.24) is 5.32 Å². The fraction of sp³-hybridized carbons (Fsp3) is 0.667. The van der Waals surface area contributed by atoms with E-state index in [1.807, 2.05) is 32.1 Å². The summed E-state index contributed by atoms with van der Waals surface area (Å²) in [5.41, 5.74) is 0.905. The molecular formula is C15H25NO4. The van der Waals surface area contributed by atoms with Gasteiger partial charge in [0.1, 0.15) is 12.7 Å². The summed E-state index contributed by atoms with van der Waals surface area (Å²) in [6, 6.07) is 0. The van der Waals surface area contributed by atoms with Gasteiger partial charge in [-0.25, -0.2) is 4.79 Å². The molecule has 0 aromatic carbocycles. The number of carbonyl (C=O) groups is 1. The number of cyclic esters (lactones) is 1. The Balaban J connectivity index is 2.78. The summed E-state index contributed by atoms with van der Waals surface area (Å²) in [6.07, 6.45) is 6.05. The summed E-state index contributed by atoms with van der Waals surface area (Å²) in [5.74, 6) is -0.0841. The molecule has 1 aliphatic heterocycles. The molecule has 1 rings (SSSR count). The Hall–Kier alpha value is -1.33. The molecule has 5 heteroatoms. The van der Waals surface area contributed by atoms with Gasteiger partial charge >= 0.3 is 6.09 Å². The van der Waals surface area contributed by atoms with Gasteiger partial charge in [0.2, 0.25) is 0 Å². The van der Waals surface area contributed by atoms with Gasteiger partial charge in [-0.05, 0) is 25.3 Å². The minimum absolute atomic E-state index is 0.0841. The van der Waals surface area contributed by atoms with Gasteiger partial charge in [-0.3, -0.25) is 0 Å². The molecule has 1 amide bonds. The van der Waals surface area contributed by atoms with Crippen molar-refractivity contribution < 1.29 is 19.4 Å². The van der Waals surface area contributed by atoms with E-state index in [1.165, 1.54) is 0 Å². The Morgan fingerprint density at radius 3 is 2.95 bits per heavy atom. The lowest BCUT2D eigenvalue weighted by molar-refractivity contribution is -0.00195. The maximum absolute atomic E-state index is 11.4. The predicted octanol–water partition coefficient (Wildman–Crippen LogP) is 2.02. The maximum Gasteiger partial charge on any atom is 0.407 e. The fourth-order valence-electron chi connectivity index (χ4n) is 2.10. The summed E-state index contributed by atoms with van der Waals surface area (Å²) in [6.45, 7) is 4.60. The second-order valence-electron chi connectivity index (χ2n) is 5.14. The number of carbonyl (C=O) groups excluding carboxylic acids is 1. The maximum atomic E-state index is 11.4. The summed E-state index contributed by atoms with van der Waals surface area (Å²) >= 11 is 0. The van der Waals surface area contributed by atoms with Gasteiger partial charge in [-0.1, -0.05) is 25.2 Å². The third-order valence-corrected chi connectivity index (χ3v) is 3.27. The van der Waals surface area contributed by atoms with Crippen LogP contribution in [-0.4, -0.2) is 43.7 Å². The number of ether oxygens (including phenoxy) is 2. The highest BCUT2D eigenvalue weighted by Crippen LogP contribution is 2.15. The standard InChI is InChI=1S/C15H25NO4/c1-11-9-12(2)14(17)13(19-3)7-5-4-6-8-16-15(18)20-10-11/h5,7,9,12-14,17H,4,6,8,10H2,1-3H3,(H,16,18). The van der Waals surface area contributed by atoms with Gasteiger partial charge in [-0.15, -0.1) is 0 Å². The second kappa shape index (κ2) is 8.76. The lowest BCUT2D eigenvalue weighted by atomic mass is 9.97. The average molecular weight is 283 g/mol. The van der Waals surface area contributed by atoms with Crippen LogP contribution in [0.3, 0.4) is 0 Å². The molecule has 0 radical (unpaired) electrons. The molecule has 0 saturated heterocycles. The first-order valence-corrected chi connectivity index (χ1v) is 7.00. The molecule has 114 valence electrons. The van der Waals surface area contributed by atoms with Gasteiger partial charge in [0.15, 0.2) is 0 Å². The molecule has 0 aromatic heterocycles. The van der Waals surface area contributed by atoms with E-state index in [9.17, 15) is 9.90 Å². The first-order chi connectivity index (χ1) is 9.54. The van der Waals surface area contributed by atoms with Crippen molar-refractivity contribution in [3.05, 3.63) is 23.8 Å². The second-order valence-corrected chi connectivity index (χ2v) is 5.14. The summed E-state index contributed by atoms with van der Waals surface area (Å²) in [4.78, 5) is 11.4. The molecule has 20 heavy (non-hydrogen) atoms. The van der Waals surface area contributed by atoms with Crippen molar-refractivity contribution in [2.24, 2.45) is 5.92 Å². The highest BCUT2D eigenvalue weighted by molar-refractivity contribution is 5.67. The molecule has 2 N–H and O–H groups in total. The number of hydrogen-bond acceptors (Lipinski definition) is 4. The molecule has 5 nitrogen and oxygen atoms in total. The molecule has 0 bridgehead atoms. The molecule has 0 aromatic rings. The molecule has 1 aliphatic rings. The Morgan fingerprint density at radius 2 is 2.25 bits per heavy atom. The quantitative estimate of drug-likeness (QED) is 0.722. The number of alkyl carbamates (subject to hydrolysis) is 1. The molecular weight excluding hydrogens is 258 g/mol. The van der Waals surface area contributed by atoms with Crippen LogP contribution < -0.4 is 5.32 Å². The number of aliphatic hydroxyl groups is 1. The smallest absolute Gasteiger partial charge is 0.407 e. The number of methoxy groups -OCH3 is 1. The molecule has 0 spiro atoms. The zero-order chi connectivity index (χ0) is 15.0. The highest BCUT2D eigenvalue weighted by atomic mass is 16.5. The molecule has 0 aliphatic carbocycles. The molecule has 3 atom stereocenters. The Kier molecular flexibility index (Phi) is 7.33. The summed E-state index contributed by atoms with van der Waals surface area (Å²) in [5, 5.41) is 13.0. The van der Waals surface area contributed by atoms with Crippen molar-refractivity contribution >= 4 is 6.09 Å². The van der Waals surface area contributed by atoms with E-state index in [0.717, 1.165) is 18.4 Å². The van der Waals surface area contributed by atoms with Gasteiger partial charge in [-0.2, -0.15) is 0 Å². The largest absolute Gasteiger partial charge is 0.445 e. The van der Waals surface area contributed by atoms with Gasteiger partial charge < -0.3 is 19.9 Å². The Morgan fingerprint density at radius 1 is 1.50 bits per heavy atom. The van der Waals surface area contributed by atoms with E-state index in [1.54, 1.807) is 7.11 Å². The third-order valence-electron chi connectivity index (χ3n) is 3.27. The number of amides is 1. The topological polar surface area (TPSA) is 67.8 Å². The highest BCUT2D eigenvalue weighted by Gasteiger charge is 2.21. The molecule has 0 fully saturated rings. The monoisotopic (exact) mass is 283 g/mol. The van der Waals surface area contributed by atoms with E-state index in [0.29, 0.717) is 6.54 Å². The number of nitrogens with one attached hydrogen (secondary N) is 1. The first kappa shape index (κ1) is 16.7. The fourth-order valence-corrected chi connectivity index (χ4v) is 2.10.